The van der Waals surface area contributed by atoms with Crippen LogP contribution < -0.4 is 5.32 Å². The summed E-state index contributed by atoms with van der Waals surface area (Å²) in [4.78, 5) is 22.7. The normalized spacial score (nSPS) is 11.8. The minimum atomic E-state index is -0.539. The number of benzene rings is 2. The molecule has 1 amide bonds. The lowest BCUT2D eigenvalue weighted by Gasteiger charge is -2.12. The summed E-state index contributed by atoms with van der Waals surface area (Å²) in [6, 6.07) is 19.0. The molecule has 1 heterocycles. The molecule has 27 heavy (non-hydrogen) atoms. The molecule has 0 saturated carbocycles. The zero-order valence-corrected chi connectivity index (χ0v) is 15.1. The minimum absolute atomic E-state index is 0.167. The second-order valence-corrected chi connectivity index (χ2v) is 6.42. The van der Waals surface area contributed by atoms with E-state index in [0.29, 0.717) is 11.4 Å². The minimum Gasteiger partial charge on any atom is -0.358 e. The van der Waals surface area contributed by atoms with Gasteiger partial charge in [-0.1, -0.05) is 49.4 Å². The van der Waals surface area contributed by atoms with E-state index >= 15 is 0 Å². The summed E-state index contributed by atoms with van der Waals surface area (Å²) >= 11 is 0. The molecule has 7 heteroatoms. The van der Waals surface area contributed by atoms with Gasteiger partial charge in [-0.2, -0.15) is 4.68 Å². The van der Waals surface area contributed by atoms with Crippen molar-refractivity contribution in [2.75, 3.05) is 5.32 Å². The molecular weight excluding hydrogens is 344 g/mol. The van der Waals surface area contributed by atoms with Crippen LogP contribution in [-0.4, -0.2) is 20.6 Å². The van der Waals surface area contributed by atoms with Crippen molar-refractivity contribution >= 4 is 17.4 Å². The molecule has 1 aromatic heterocycles. The lowest BCUT2D eigenvalue weighted by Crippen LogP contribution is -2.25. The Bertz CT molecular complexity index is 949. The molecule has 1 atom stereocenters. The van der Waals surface area contributed by atoms with Crippen LogP contribution in [-0.2, 0) is 11.3 Å². The van der Waals surface area contributed by atoms with Crippen molar-refractivity contribution in [3.8, 4) is 11.1 Å². The van der Waals surface area contributed by atoms with Crippen LogP contribution in [0.5, 0.6) is 0 Å². The molecule has 0 spiro atoms. The quantitative estimate of drug-likeness (QED) is 0.528. The van der Waals surface area contributed by atoms with Crippen LogP contribution in [0, 0.1) is 23.0 Å². The van der Waals surface area contributed by atoms with Crippen molar-refractivity contribution in [3.05, 3.63) is 76.5 Å². The topological polar surface area (TPSA) is 90.1 Å². The molecule has 0 aliphatic heterocycles. The van der Waals surface area contributed by atoms with Crippen molar-refractivity contribution in [2.45, 2.75) is 20.4 Å². The lowest BCUT2D eigenvalue weighted by molar-refractivity contribution is -0.389. The monoisotopic (exact) mass is 364 g/mol. The number of hydrogen-bond acceptors (Lipinski definition) is 4. The maximum Gasteiger partial charge on any atom is 0.390 e. The maximum absolute atomic E-state index is 12.4. The van der Waals surface area contributed by atoms with Gasteiger partial charge < -0.3 is 15.4 Å². The average molecular weight is 364 g/mol. The highest BCUT2D eigenvalue weighted by Crippen LogP contribution is 2.21. The Morgan fingerprint density at radius 2 is 1.78 bits per heavy atom. The summed E-state index contributed by atoms with van der Waals surface area (Å²) in [5, 5.41) is 17.6. The van der Waals surface area contributed by atoms with Gasteiger partial charge in [-0.3, -0.25) is 4.79 Å². The maximum atomic E-state index is 12.4. The number of amides is 1. The molecule has 0 saturated heterocycles. The fourth-order valence-electron chi connectivity index (χ4n) is 2.75. The molecule has 0 bridgehead atoms. The molecule has 1 N–H and O–H groups in total. The van der Waals surface area contributed by atoms with E-state index in [9.17, 15) is 14.9 Å². The molecule has 3 rings (SSSR count). The van der Waals surface area contributed by atoms with Crippen LogP contribution in [0.25, 0.3) is 11.1 Å². The largest absolute Gasteiger partial charge is 0.390 e. The summed E-state index contributed by atoms with van der Waals surface area (Å²) in [6.07, 6.45) is 0. The number of aryl methyl sites for hydroxylation is 1. The Kier molecular flexibility index (Phi) is 5.30. The van der Waals surface area contributed by atoms with Crippen LogP contribution in [0.4, 0.5) is 11.5 Å². The molecule has 0 radical (unpaired) electrons. The van der Waals surface area contributed by atoms with Gasteiger partial charge in [-0.25, -0.2) is 0 Å². The number of rotatable bonds is 6. The third kappa shape index (κ3) is 4.38. The highest BCUT2D eigenvalue weighted by Gasteiger charge is 2.20. The van der Waals surface area contributed by atoms with Crippen molar-refractivity contribution in [3.63, 3.8) is 0 Å². The molecule has 138 valence electrons. The number of carbonyl (C=O) groups is 1. The zero-order chi connectivity index (χ0) is 19.4. The Morgan fingerprint density at radius 3 is 2.37 bits per heavy atom. The van der Waals surface area contributed by atoms with E-state index in [1.807, 2.05) is 54.6 Å². The van der Waals surface area contributed by atoms with Gasteiger partial charge in [-0.05, 0) is 35.1 Å². The molecule has 1 unspecified atom stereocenters. The van der Waals surface area contributed by atoms with Crippen LogP contribution in [0.3, 0.4) is 0 Å². The van der Waals surface area contributed by atoms with Crippen LogP contribution in [0.2, 0.25) is 0 Å². The molecule has 0 aliphatic rings. The van der Waals surface area contributed by atoms with Crippen LogP contribution in [0.15, 0.2) is 60.7 Å². The fraction of sp³-hybridized carbons (Fsp3) is 0.200. The second-order valence-electron chi connectivity index (χ2n) is 6.42. The summed E-state index contributed by atoms with van der Waals surface area (Å²) in [7, 11) is 0. The number of anilines is 1. The smallest absolute Gasteiger partial charge is 0.358 e. The average Bonchev–Trinajstić information content (AvgIpc) is 3.04. The molecular formula is C20H20N4O3. The number of hydrogen-bond donors (Lipinski definition) is 1. The number of nitrogens with one attached hydrogen (secondary N) is 1. The van der Waals surface area contributed by atoms with E-state index in [0.717, 1.165) is 11.1 Å². The lowest BCUT2D eigenvalue weighted by atomic mass is 10.1. The first-order valence-electron chi connectivity index (χ1n) is 8.59. The Balaban J connectivity index is 1.63. The van der Waals surface area contributed by atoms with E-state index in [2.05, 4.69) is 10.4 Å². The van der Waals surface area contributed by atoms with Gasteiger partial charge in [0.2, 0.25) is 5.91 Å². The van der Waals surface area contributed by atoms with E-state index < -0.39 is 10.8 Å². The molecule has 3 aromatic rings. The third-order valence-corrected chi connectivity index (χ3v) is 4.31. The van der Waals surface area contributed by atoms with Crippen molar-refractivity contribution in [1.29, 1.82) is 0 Å². The van der Waals surface area contributed by atoms with Gasteiger partial charge in [-0.15, -0.1) is 0 Å². The zero-order valence-electron chi connectivity index (χ0n) is 15.1. The number of aromatic nitrogens is 2. The van der Waals surface area contributed by atoms with E-state index in [1.54, 1.807) is 13.8 Å². The highest BCUT2D eigenvalue weighted by atomic mass is 16.6. The first kappa shape index (κ1) is 18.3. The number of nitro groups is 1. The van der Waals surface area contributed by atoms with Gasteiger partial charge in [0.15, 0.2) is 0 Å². The van der Waals surface area contributed by atoms with Gasteiger partial charge >= 0.3 is 5.82 Å². The van der Waals surface area contributed by atoms with Gasteiger partial charge in [0, 0.05) is 5.69 Å². The molecule has 2 aromatic carbocycles. The SMILES string of the molecule is Cc1cc([N+](=O)[O-])nn1CC(C)C(=O)Nc1ccc(-c2ccccc2)cc1. The second kappa shape index (κ2) is 7.82. The van der Waals surface area contributed by atoms with Gasteiger partial charge in [0.25, 0.3) is 0 Å². The Morgan fingerprint density at radius 1 is 1.15 bits per heavy atom. The summed E-state index contributed by atoms with van der Waals surface area (Å²) < 4.78 is 1.49. The molecule has 0 aliphatic carbocycles. The van der Waals surface area contributed by atoms with E-state index in [4.69, 9.17) is 0 Å². The van der Waals surface area contributed by atoms with Crippen LogP contribution >= 0.6 is 0 Å². The van der Waals surface area contributed by atoms with Crippen molar-refractivity contribution < 1.29 is 9.72 Å². The highest BCUT2D eigenvalue weighted by molar-refractivity contribution is 5.92. The molecule has 7 nitrogen and oxygen atoms in total. The number of nitrogens with zero attached hydrogens (tertiary/aromatic N) is 3. The Hall–Kier alpha value is -3.48. The van der Waals surface area contributed by atoms with E-state index in [-0.39, 0.29) is 18.3 Å². The fourth-order valence-corrected chi connectivity index (χ4v) is 2.75. The van der Waals surface area contributed by atoms with E-state index in [1.165, 1.54) is 10.7 Å². The summed E-state index contributed by atoms with van der Waals surface area (Å²) in [5.41, 5.74) is 3.53. The van der Waals surface area contributed by atoms with Crippen molar-refractivity contribution in [2.24, 2.45) is 5.92 Å². The first-order chi connectivity index (χ1) is 12.9. The van der Waals surface area contributed by atoms with Gasteiger partial charge in [0.1, 0.15) is 0 Å². The predicted octanol–water partition coefficient (Wildman–Crippen LogP) is 4.04. The third-order valence-electron chi connectivity index (χ3n) is 4.31. The van der Waals surface area contributed by atoms with Crippen molar-refractivity contribution in [1.82, 2.24) is 9.78 Å². The predicted molar refractivity (Wildman–Crippen MR) is 103 cm³/mol. The number of carbonyl (C=O) groups excluding carboxylic acids is 1. The first-order valence-corrected chi connectivity index (χ1v) is 8.59. The van der Waals surface area contributed by atoms with Crippen LogP contribution in [0.1, 0.15) is 12.6 Å². The standard InChI is InChI=1S/C20H20N4O3/c1-14(13-23-15(2)12-19(22-23)24(26)27)20(25)21-18-10-8-17(9-11-18)16-6-4-3-5-7-16/h3-12,14H,13H2,1-2H3,(H,21,25). The molecule has 0 fully saturated rings. The summed E-state index contributed by atoms with van der Waals surface area (Å²) in [6.45, 7) is 3.77. The Labute approximate surface area is 156 Å². The van der Waals surface area contributed by atoms with Gasteiger partial charge in [0.05, 0.1) is 29.3 Å². The summed E-state index contributed by atoms with van der Waals surface area (Å²) in [5.74, 6) is -0.770.